The number of carbonyl (C=O) groups excluding carboxylic acids is 2. The molecule has 2 aromatic carbocycles. The van der Waals surface area contributed by atoms with Gasteiger partial charge in [-0.1, -0.05) is 69.3 Å². The van der Waals surface area contributed by atoms with Crippen LogP contribution in [-0.4, -0.2) is 34.2 Å². The van der Waals surface area contributed by atoms with E-state index in [1.807, 2.05) is 70.9 Å². The lowest BCUT2D eigenvalue weighted by atomic mass is 9.86. The predicted molar refractivity (Wildman–Crippen MR) is 134 cm³/mol. The van der Waals surface area contributed by atoms with Crippen LogP contribution in [0.4, 0.5) is 0 Å². The highest BCUT2D eigenvalue weighted by Gasteiger charge is 2.35. The van der Waals surface area contributed by atoms with Crippen molar-refractivity contribution in [1.82, 2.24) is 9.80 Å². The molecule has 33 heavy (non-hydrogen) atoms. The van der Waals surface area contributed by atoms with Crippen molar-refractivity contribution < 1.29 is 9.59 Å². The number of amides is 2. The van der Waals surface area contributed by atoms with Gasteiger partial charge in [-0.05, 0) is 53.0 Å². The van der Waals surface area contributed by atoms with Crippen LogP contribution >= 0.6 is 11.3 Å². The predicted octanol–water partition coefficient (Wildman–Crippen LogP) is 5.88. The Morgan fingerprint density at radius 2 is 1.61 bits per heavy atom. The van der Waals surface area contributed by atoms with Gasteiger partial charge in [-0.3, -0.25) is 9.59 Å². The largest absolute Gasteiger partial charge is 0.332 e. The Morgan fingerprint density at radius 3 is 2.18 bits per heavy atom. The van der Waals surface area contributed by atoms with Crippen molar-refractivity contribution in [3.8, 4) is 0 Å². The van der Waals surface area contributed by atoms with E-state index in [1.165, 1.54) is 5.56 Å². The molecule has 2 amide bonds. The molecular formula is C28H32N2O2S. The summed E-state index contributed by atoms with van der Waals surface area (Å²) in [6.45, 7) is 7.68. The molecule has 1 aliphatic rings. The highest BCUT2D eigenvalue weighted by atomic mass is 32.1. The van der Waals surface area contributed by atoms with Crippen LogP contribution in [0, 0.1) is 0 Å². The standard InChI is InChI=1S/C28H32N2O2S/c1-28(2,3)23-13-11-22(12-14-23)27(32)30(24-15-16-24)20-26(31)29(19-25-10-7-17-33-25)18-21-8-5-4-6-9-21/h4-14,17,24H,15-16,18-20H2,1-3H3. The molecule has 4 nitrogen and oxygen atoms in total. The molecule has 0 N–H and O–H groups in total. The first kappa shape index (κ1) is 23.2. The molecule has 5 heteroatoms. The summed E-state index contributed by atoms with van der Waals surface area (Å²) in [6.07, 6.45) is 1.92. The van der Waals surface area contributed by atoms with Gasteiger partial charge in [0.25, 0.3) is 5.91 Å². The summed E-state index contributed by atoms with van der Waals surface area (Å²) in [6, 6.07) is 22.1. The lowest BCUT2D eigenvalue weighted by Crippen LogP contribution is -2.43. The number of carbonyl (C=O) groups is 2. The Balaban J connectivity index is 1.51. The maximum atomic E-state index is 13.5. The van der Waals surface area contributed by atoms with Crippen molar-refractivity contribution in [3.05, 3.63) is 93.7 Å². The molecule has 172 valence electrons. The van der Waals surface area contributed by atoms with Crippen molar-refractivity contribution >= 4 is 23.2 Å². The summed E-state index contributed by atoms with van der Waals surface area (Å²) in [5.41, 5.74) is 2.96. The first-order valence-electron chi connectivity index (χ1n) is 11.6. The summed E-state index contributed by atoms with van der Waals surface area (Å²) in [5.74, 6) is -0.0686. The van der Waals surface area contributed by atoms with Crippen LogP contribution in [0.15, 0.2) is 72.1 Å². The Morgan fingerprint density at radius 1 is 0.909 bits per heavy atom. The van der Waals surface area contributed by atoms with Gasteiger partial charge in [0.15, 0.2) is 0 Å². The molecule has 0 spiro atoms. The van der Waals surface area contributed by atoms with Gasteiger partial charge < -0.3 is 9.80 Å². The summed E-state index contributed by atoms with van der Waals surface area (Å²) in [5, 5.41) is 2.03. The molecule has 1 fully saturated rings. The van der Waals surface area contributed by atoms with E-state index in [4.69, 9.17) is 0 Å². The van der Waals surface area contributed by atoms with E-state index in [2.05, 4.69) is 26.8 Å². The molecule has 1 aromatic heterocycles. The molecule has 4 rings (SSSR count). The van der Waals surface area contributed by atoms with Crippen LogP contribution in [0.25, 0.3) is 0 Å². The van der Waals surface area contributed by atoms with E-state index in [9.17, 15) is 9.59 Å². The van der Waals surface area contributed by atoms with Gasteiger partial charge in [0.05, 0.1) is 6.54 Å². The topological polar surface area (TPSA) is 40.6 Å². The van der Waals surface area contributed by atoms with E-state index in [-0.39, 0.29) is 29.8 Å². The van der Waals surface area contributed by atoms with Gasteiger partial charge in [0.1, 0.15) is 6.54 Å². The zero-order valence-electron chi connectivity index (χ0n) is 19.7. The third-order valence-corrected chi connectivity index (χ3v) is 6.91. The third kappa shape index (κ3) is 6.11. The van der Waals surface area contributed by atoms with Crippen molar-refractivity contribution in [2.45, 2.75) is 58.2 Å². The normalized spacial score (nSPS) is 13.5. The summed E-state index contributed by atoms with van der Waals surface area (Å²) >= 11 is 1.65. The second-order valence-corrected chi connectivity index (χ2v) is 10.8. The maximum absolute atomic E-state index is 13.5. The second kappa shape index (κ2) is 9.92. The number of hydrogen-bond donors (Lipinski definition) is 0. The Labute approximate surface area is 200 Å². The molecule has 0 unspecified atom stereocenters. The number of nitrogens with zero attached hydrogens (tertiary/aromatic N) is 2. The Bertz CT molecular complexity index is 1070. The molecule has 1 heterocycles. The first-order valence-corrected chi connectivity index (χ1v) is 12.4. The van der Waals surface area contributed by atoms with E-state index in [0.29, 0.717) is 18.7 Å². The monoisotopic (exact) mass is 460 g/mol. The second-order valence-electron chi connectivity index (χ2n) is 9.81. The van der Waals surface area contributed by atoms with Crippen LogP contribution in [-0.2, 0) is 23.3 Å². The molecule has 3 aromatic rings. The molecule has 0 atom stereocenters. The highest BCUT2D eigenvalue weighted by molar-refractivity contribution is 7.09. The van der Waals surface area contributed by atoms with E-state index in [1.54, 1.807) is 16.2 Å². The summed E-state index contributed by atoms with van der Waals surface area (Å²) < 4.78 is 0. The first-order chi connectivity index (χ1) is 15.8. The Hall–Kier alpha value is -2.92. The van der Waals surface area contributed by atoms with E-state index >= 15 is 0 Å². The minimum absolute atomic E-state index is 0.0150. The average Bonchev–Trinajstić information content (AvgIpc) is 3.52. The molecule has 0 aliphatic heterocycles. The smallest absolute Gasteiger partial charge is 0.254 e. The zero-order valence-corrected chi connectivity index (χ0v) is 20.5. The fourth-order valence-corrected chi connectivity index (χ4v) is 4.62. The average molecular weight is 461 g/mol. The van der Waals surface area contributed by atoms with Crippen molar-refractivity contribution in [2.24, 2.45) is 0 Å². The fraction of sp³-hybridized carbons (Fsp3) is 0.357. The SMILES string of the molecule is CC(C)(C)c1ccc(C(=O)N(CC(=O)N(Cc2ccccc2)Cc2cccs2)C2CC2)cc1. The molecule has 1 aliphatic carbocycles. The Kier molecular flexibility index (Phi) is 6.99. The van der Waals surface area contributed by atoms with Gasteiger partial charge in [-0.2, -0.15) is 0 Å². The van der Waals surface area contributed by atoms with Gasteiger partial charge in [-0.15, -0.1) is 11.3 Å². The number of benzene rings is 2. The van der Waals surface area contributed by atoms with Crippen LogP contribution < -0.4 is 0 Å². The number of rotatable bonds is 8. The van der Waals surface area contributed by atoms with E-state index in [0.717, 1.165) is 23.3 Å². The molecule has 0 radical (unpaired) electrons. The van der Waals surface area contributed by atoms with Gasteiger partial charge >= 0.3 is 0 Å². The zero-order chi connectivity index (χ0) is 23.4. The molecular weight excluding hydrogens is 428 g/mol. The quantitative estimate of drug-likeness (QED) is 0.421. The van der Waals surface area contributed by atoms with Crippen molar-refractivity contribution in [1.29, 1.82) is 0 Å². The van der Waals surface area contributed by atoms with Crippen LogP contribution in [0.3, 0.4) is 0 Å². The van der Waals surface area contributed by atoms with Gasteiger partial charge in [-0.25, -0.2) is 0 Å². The third-order valence-electron chi connectivity index (χ3n) is 6.05. The maximum Gasteiger partial charge on any atom is 0.254 e. The number of hydrogen-bond acceptors (Lipinski definition) is 3. The minimum atomic E-state index is -0.0536. The molecule has 1 saturated carbocycles. The molecule has 0 saturated heterocycles. The molecule has 0 bridgehead atoms. The lowest BCUT2D eigenvalue weighted by Gasteiger charge is -2.28. The van der Waals surface area contributed by atoms with Crippen LogP contribution in [0.5, 0.6) is 0 Å². The number of thiophene rings is 1. The summed E-state index contributed by atoms with van der Waals surface area (Å²) in [7, 11) is 0. The van der Waals surface area contributed by atoms with Crippen molar-refractivity contribution in [3.63, 3.8) is 0 Å². The fourth-order valence-electron chi connectivity index (χ4n) is 3.90. The van der Waals surface area contributed by atoms with Gasteiger partial charge in [0, 0.05) is 23.0 Å². The highest BCUT2D eigenvalue weighted by Crippen LogP contribution is 2.29. The lowest BCUT2D eigenvalue weighted by molar-refractivity contribution is -0.133. The van der Waals surface area contributed by atoms with E-state index < -0.39 is 0 Å². The summed E-state index contributed by atoms with van der Waals surface area (Å²) in [4.78, 5) is 31.6. The van der Waals surface area contributed by atoms with Crippen LogP contribution in [0.2, 0.25) is 0 Å². The minimum Gasteiger partial charge on any atom is -0.332 e. The van der Waals surface area contributed by atoms with Crippen molar-refractivity contribution in [2.75, 3.05) is 6.54 Å². The van der Waals surface area contributed by atoms with Crippen LogP contribution in [0.1, 0.15) is 60.0 Å². The van der Waals surface area contributed by atoms with Gasteiger partial charge in [0.2, 0.25) is 5.91 Å².